The number of fused-ring (bicyclic) bond motifs is 2. The summed E-state index contributed by atoms with van der Waals surface area (Å²) in [6.45, 7) is 0.515. The van der Waals surface area contributed by atoms with Crippen molar-refractivity contribution in [3.05, 3.63) is 65.7 Å². The number of aromatic nitrogens is 4. The Morgan fingerprint density at radius 1 is 0.931 bits per heavy atom. The summed E-state index contributed by atoms with van der Waals surface area (Å²) in [4.78, 5) is 21.0. The van der Waals surface area contributed by atoms with Gasteiger partial charge < -0.3 is 10.6 Å². The fourth-order valence-corrected chi connectivity index (χ4v) is 2.94. The molecule has 10 nitrogen and oxygen atoms in total. The number of amides is 1. The lowest BCUT2D eigenvalue weighted by molar-refractivity contribution is -0.110. The van der Waals surface area contributed by atoms with E-state index in [1.165, 1.54) is 0 Å². The van der Waals surface area contributed by atoms with Crippen LogP contribution in [0.5, 0.6) is 0 Å². The largest absolute Gasteiger partial charge is 0.363 e. The van der Waals surface area contributed by atoms with Gasteiger partial charge in [0.25, 0.3) is 5.91 Å². The van der Waals surface area contributed by atoms with Crippen LogP contribution in [0.2, 0.25) is 0 Å². The average Bonchev–Trinajstić information content (AvgIpc) is 3.33. The maximum absolute atomic E-state index is 12.2. The summed E-state index contributed by atoms with van der Waals surface area (Å²) < 4.78 is 4.70. The quantitative estimate of drug-likeness (QED) is 0.446. The highest BCUT2D eigenvalue weighted by atomic mass is 16.6. The smallest absolute Gasteiger partial charge is 0.276 e. The SMILES string of the molecule is O=C1Nc2ccccc2/C1=N/Nc1nc2nonc2nc1NCc1ccccc1. The molecule has 3 heterocycles. The van der Waals surface area contributed by atoms with Gasteiger partial charge in [0.1, 0.15) is 0 Å². The highest BCUT2D eigenvalue weighted by molar-refractivity contribution is 6.53. The number of nitrogens with one attached hydrogen (secondary N) is 3. The van der Waals surface area contributed by atoms with E-state index in [1.54, 1.807) is 0 Å². The minimum absolute atomic E-state index is 0.231. The fraction of sp³-hybridized carbons (Fsp3) is 0.0526. The molecular weight excluding hydrogens is 372 g/mol. The van der Waals surface area contributed by atoms with Gasteiger partial charge in [-0.3, -0.25) is 10.2 Å². The van der Waals surface area contributed by atoms with Gasteiger partial charge in [0.2, 0.25) is 11.3 Å². The zero-order chi connectivity index (χ0) is 19.6. The van der Waals surface area contributed by atoms with Gasteiger partial charge in [0.05, 0.1) is 5.69 Å². The van der Waals surface area contributed by atoms with E-state index in [2.05, 4.69) is 41.4 Å². The number of nitrogens with zero attached hydrogens (tertiary/aromatic N) is 5. The number of para-hydroxylation sites is 1. The molecule has 5 rings (SSSR count). The molecule has 1 amide bonds. The molecule has 10 heteroatoms. The van der Waals surface area contributed by atoms with Crippen LogP contribution in [0.1, 0.15) is 11.1 Å². The number of carbonyl (C=O) groups is 1. The molecule has 0 unspecified atom stereocenters. The zero-order valence-electron chi connectivity index (χ0n) is 15.0. The van der Waals surface area contributed by atoms with E-state index in [0.29, 0.717) is 29.4 Å². The minimum atomic E-state index is -0.297. The first-order valence-corrected chi connectivity index (χ1v) is 8.80. The normalized spacial score (nSPS) is 14.1. The Morgan fingerprint density at radius 3 is 2.48 bits per heavy atom. The van der Waals surface area contributed by atoms with Gasteiger partial charge in [0.15, 0.2) is 17.3 Å². The lowest BCUT2D eigenvalue weighted by Crippen LogP contribution is -2.16. The third-order valence-corrected chi connectivity index (χ3v) is 4.34. The van der Waals surface area contributed by atoms with Crippen LogP contribution in [-0.4, -0.2) is 31.9 Å². The third-order valence-electron chi connectivity index (χ3n) is 4.34. The Hall–Kier alpha value is -4.34. The molecule has 0 bridgehead atoms. The molecule has 3 N–H and O–H groups in total. The summed E-state index contributed by atoms with van der Waals surface area (Å²) in [5, 5.41) is 17.7. The molecule has 0 aliphatic carbocycles. The number of benzene rings is 2. The van der Waals surface area contributed by atoms with Gasteiger partial charge in [0, 0.05) is 12.1 Å². The summed E-state index contributed by atoms with van der Waals surface area (Å²) in [7, 11) is 0. The van der Waals surface area contributed by atoms with E-state index in [4.69, 9.17) is 4.63 Å². The predicted molar refractivity (Wildman–Crippen MR) is 106 cm³/mol. The van der Waals surface area contributed by atoms with Gasteiger partial charge in [-0.15, -0.1) is 0 Å². The van der Waals surface area contributed by atoms with Crippen molar-refractivity contribution in [3.8, 4) is 0 Å². The van der Waals surface area contributed by atoms with E-state index in [-0.39, 0.29) is 22.9 Å². The van der Waals surface area contributed by atoms with Crippen molar-refractivity contribution in [3.63, 3.8) is 0 Å². The summed E-state index contributed by atoms with van der Waals surface area (Å²) in [5.74, 6) is 0.413. The Bertz CT molecular complexity index is 1240. The maximum Gasteiger partial charge on any atom is 0.276 e. The van der Waals surface area contributed by atoms with Crippen molar-refractivity contribution in [1.29, 1.82) is 0 Å². The Labute approximate surface area is 164 Å². The lowest BCUT2D eigenvalue weighted by Gasteiger charge is -2.09. The molecule has 1 aliphatic rings. The molecule has 0 radical (unpaired) electrons. The number of hydrogen-bond donors (Lipinski definition) is 3. The first-order valence-electron chi connectivity index (χ1n) is 8.80. The monoisotopic (exact) mass is 386 g/mol. The van der Waals surface area contributed by atoms with Crippen molar-refractivity contribution in [2.75, 3.05) is 16.1 Å². The van der Waals surface area contributed by atoms with Crippen LogP contribution in [0, 0.1) is 0 Å². The van der Waals surface area contributed by atoms with Crippen molar-refractivity contribution < 1.29 is 9.42 Å². The first kappa shape index (κ1) is 16.8. The van der Waals surface area contributed by atoms with Crippen LogP contribution in [0.25, 0.3) is 11.3 Å². The summed E-state index contributed by atoms with van der Waals surface area (Å²) >= 11 is 0. The molecule has 2 aromatic carbocycles. The van der Waals surface area contributed by atoms with Crippen LogP contribution in [0.15, 0.2) is 64.3 Å². The molecule has 0 fully saturated rings. The maximum atomic E-state index is 12.2. The van der Waals surface area contributed by atoms with Crippen LogP contribution in [-0.2, 0) is 11.3 Å². The van der Waals surface area contributed by atoms with Gasteiger partial charge in [-0.25, -0.2) is 9.61 Å². The highest BCUT2D eigenvalue weighted by Gasteiger charge is 2.25. The molecule has 0 spiro atoms. The van der Waals surface area contributed by atoms with E-state index < -0.39 is 0 Å². The number of anilines is 3. The highest BCUT2D eigenvalue weighted by Crippen LogP contribution is 2.24. The van der Waals surface area contributed by atoms with Crippen LogP contribution >= 0.6 is 0 Å². The van der Waals surface area contributed by atoms with Crippen molar-refractivity contribution >= 4 is 40.2 Å². The number of carbonyl (C=O) groups excluding carboxylic acids is 1. The minimum Gasteiger partial charge on any atom is -0.363 e. The predicted octanol–water partition coefficient (Wildman–Crippen LogP) is 2.39. The van der Waals surface area contributed by atoms with E-state index in [1.807, 2.05) is 54.6 Å². The third kappa shape index (κ3) is 3.23. The summed E-state index contributed by atoms with van der Waals surface area (Å²) in [5.41, 5.74) is 6.07. The average molecular weight is 386 g/mol. The van der Waals surface area contributed by atoms with E-state index in [9.17, 15) is 4.79 Å². The second kappa shape index (κ2) is 7.00. The molecule has 2 aromatic heterocycles. The first-order chi connectivity index (χ1) is 14.3. The van der Waals surface area contributed by atoms with Crippen molar-refractivity contribution in [1.82, 2.24) is 20.3 Å². The van der Waals surface area contributed by atoms with Gasteiger partial charge in [-0.05, 0) is 21.9 Å². The van der Waals surface area contributed by atoms with Crippen molar-refractivity contribution in [2.45, 2.75) is 6.54 Å². The van der Waals surface area contributed by atoms with Crippen LogP contribution in [0.4, 0.5) is 17.3 Å². The zero-order valence-corrected chi connectivity index (χ0v) is 15.0. The Kier molecular flexibility index (Phi) is 4.06. The Balaban J connectivity index is 1.46. The topological polar surface area (TPSA) is 130 Å². The second-order valence-corrected chi connectivity index (χ2v) is 6.24. The van der Waals surface area contributed by atoms with Gasteiger partial charge >= 0.3 is 0 Å². The number of hydrazone groups is 1. The number of hydrogen-bond acceptors (Lipinski definition) is 9. The number of rotatable bonds is 5. The Morgan fingerprint density at radius 2 is 1.66 bits per heavy atom. The summed E-state index contributed by atoms with van der Waals surface area (Å²) in [6, 6.07) is 17.2. The van der Waals surface area contributed by atoms with Crippen molar-refractivity contribution in [2.24, 2.45) is 5.10 Å². The van der Waals surface area contributed by atoms with Crippen LogP contribution < -0.4 is 16.1 Å². The molecule has 0 saturated carbocycles. The van der Waals surface area contributed by atoms with Gasteiger partial charge in [-0.1, -0.05) is 48.5 Å². The molecule has 142 valence electrons. The molecule has 0 atom stereocenters. The molecule has 4 aromatic rings. The van der Waals surface area contributed by atoms with E-state index >= 15 is 0 Å². The fourth-order valence-electron chi connectivity index (χ4n) is 2.94. The van der Waals surface area contributed by atoms with Crippen LogP contribution in [0.3, 0.4) is 0 Å². The second-order valence-electron chi connectivity index (χ2n) is 6.24. The van der Waals surface area contributed by atoms with E-state index in [0.717, 1.165) is 5.56 Å². The summed E-state index contributed by atoms with van der Waals surface area (Å²) in [6.07, 6.45) is 0. The lowest BCUT2D eigenvalue weighted by atomic mass is 10.1. The molecule has 1 aliphatic heterocycles. The van der Waals surface area contributed by atoms with Gasteiger partial charge in [-0.2, -0.15) is 10.1 Å². The molecular formula is C19H14N8O2. The standard InChI is InChI=1S/C19H14N8O2/c28-19-14(12-8-4-5-9-13(12)21-19)24-25-16-15(20-10-11-6-2-1-3-7-11)22-17-18(23-16)27-29-26-17/h1-9H,10H2,(H,20,22,26)(H,21,24,28)(H,23,25,27). The molecule has 29 heavy (non-hydrogen) atoms. The molecule has 0 saturated heterocycles.